The molecule has 0 aliphatic carbocycles. The third kappa shape index (κ3) is 2.66. The Hall–Kier alpha value is -0.120. The second-order valence-corrected chi connectivity index (χ2v) is 4.31. The van der Waals surface area contributed by atoms with Crippen LogP contribution in [0.25, 0.3) is 0 Å². The van der Waals surface area contributed by atoms with Gasteiger partial charge in [-0.05, 0) is 33.2 Å². The number of rotatable bonds is 3. The first kappa shape index (κ1) is 11.0. The molecule has 0 bridgehead atoms. The van der Waals surface area contributed by atoms with Gasteiger partial charge in [-0.25, -0.2) is 0 Å². The van der Waals surface area contributed by atoms with Crippen LogP contribution in [0.5, 0.6) is 0 Å². The number of nitrogens with zero attached hydrogens (tertiary/aromatic N) is 1. The standard InChI is InChI=1S/C10H22N2O/c1-9(7-11)12-6-4-5-10(2,8-12)13-3/h9H,4-8,11H2,1-3H3. The van der Waals surface area contributed by atoms with Gasteiger partial charge in [0.05, 0.1) is 5.60 Å². The topological polar surface area (TPSA) is 38.5 Å². The van der Waals surface area contributed by atoms with Crippen molar-refractivity contribution in [3.8, 4) is 0 Å². The molecule has 0 saturated carbocycles. The molecule has 13 heavy (non-hydrogen) atoms. The smallest absolute Gasteiger partial charge is 0.0777 e. The molecule has 1 rings (SSSR count). The highest BCUT2D eigenvalue weighted by Crippen LogP contribution is 2.24. The monoisotopic (exact) mass is 186 g/mol. The van der Waals surface area contributed by atoms with Gasteiger partial charge >= 0.3 is 0 Å². The number of piperidine rings is 1. The van der Waals surface area contributed by atoms with Crippen molar-refractivity contribution in [1.29, 1.82) is 0 Å². The van der Waals surface area contributed by atoms with Crippen LogP contribution in [0.2, 0.25) is 0 Å². The van der Waals surface area contributed by atoms with Crippen molar-refractivity contribution in [2.45, 2.75) is 38.3 Å². The van der Waals surface area contributed by atoms with Gasteiger partial charge in [-0.1, -0.05) is 0 Å². The van der Waals surface area contributed by atoms with Gasteiger partial charge in [0.1, 0.15) is 0 Å². The van der Waals surface area contributed by atoms with Crippen LogP contribution in [0.15, 0.2) is 0 Å². The third-order valence-electron chi connectivity index (χ3n) is 3.15. The van der Waals surface area contributed by atoms with Crippen molar-refractivity contribution in [3.05, 3.63) is 0 Å². The lowest BCUT2D eigenvalue weighted by Gasteiger charge is -2.42. The largest absolute Gasteiger partial charge is 0.377 e. The molecule has 1 heterocycles. The maximum absolute atomic E-state index is 5.65. The molecule has 3 heteroatoms. The van der Waals surface area contributed by atoms with E-state index < -0.39 is 0 Å². The number of methoxy groups -OCH3 is 1. The average Bonchev–Trinajstić information content (AvgIpc) is 2.17. The fourth-order valence-corrected chi connectivity index (χ4v) is 1.94. The number of nitrogens with two attached hydrogens (primary N) is 1. The van der Waals surface area contributed by atoms with E-state index in [1.165, 1.54) is 6.42 Å². The van der Waals surface area contributed by atoms with Crippen LogP contribution in [0.3, 0.4) is 0 Å². The molecular formula is C10H22N2O. The molecule has 0 aromatic carbocycles. The van der Waals surface area contributed by atoms with Crippen LogP contribution in [0, 0.1) is 0 Å². The average molecular weight is 186 g/mol. The summed E-state index contributed by atoms with van der Waals surface area (Å²) in [6.45, 7) is 7.28. The molecule has 0 aromatic rings. The van der Waals surface area contributed by atoms with Crippen molar-refractivity contribution >= 4 is 0 Å². The summed E-state index contributed by atoms with van der Waals surface area (Å²) in [6.07, 6.45) is 2.38. The zero-order valence-electron chi connectivity index (χ0n) is 9.05. The molecule has 0 amide bonds. The normalized spacial score (nSPS) is 33.2. The van der Waals surface area contributed by atoms with E-state index in [4.69, 9.17) is 10.5 Å². The molecule has 2 atom stereocenters. The van der Waals surface area contributed by atoms with Crippen LogP contribution < -0.4 is 5.73 Å². The second kappa shape index (κ2) is 4.40. The summed E-state index contributed by atoms with van der Waals surface area (Å²) in [5, 5.41) is 0. The van der Waals surface area contributed by atoms with E-state index in [-0.39, 0.29) is 5.60 Å². The summed E-state index contributed by atoms with van der Waals surface area (Å²) in [4.78, 5) is 2.42. The molecule has 1 aliphatic heterocycles. The van der Waals surface area contributed by atoms with E-state index in [0.717, 1.165) is 26.1 Å². The third-order valence-corrected chi connectivity index (χ3v) is 3.15. The van der Waals surface area contributed by atoms with Crippen LogP contribution >= 0.6 is 0 Å². The first-order chi connectivity index (χ1) is 6.11. The first-order valence-electron chi connectivity index (χ1n) is 5.10. The Kier molecular flexibility index (Phi) is 3.71. The quantitative estimate of drug-likeness (QED) is 0.709. The van der Waals surface area contributed by atoms with Crippen molar-refractivity contribution in [2.75, 3.05) is 26.7 Å². The number of hydrogen-bond acceptors (Lipinski definition) is 3. The van der Waals surface area contributed by atoms with Gasteiger partial charge in [0.2, 0.25) is 0 Å². The lowest BCUT2D eigenvalue weighted by atomic mass is 9.94. The van der Waals surface area contributed by atoms with Crippen LogP contribution in [-0.4, -0.2) is 43.3 Å². The Morgan fingerprint density at radius 1 is 1.62 bits per heavy atom. The van der Waals surface area contributed by atoms with E-state index >= 15 is 0 Å². The number of likely N-dealkylation sites (tertiary alicyclic amines) is 1. The first-order valence-corrected chi connectivity index (χ1v) is 5.10. The van der Waals surface area contributed by atoms with Gasteiger partial charge < -0.3 is 10.5 Å². The fourth-order valence-electron chi connectivity index (χ4n) is 1.94. The van der Waals surface area contributed by atoms with Crippen molar-refractivity contribution in [1.82, 2.24) is 4.90 Å². The molecule has 1 aliphatic rings. The minimum absolute atomic E-state index is 0.0433. The van der Waals surface area contributed by atoms with Gasteiger partial charge in [0.15, 0.2) is 0 Å². The Morgan fingerprint density at radius 2 is 2.31 bits per heavy atom. The number of ether oxygens (including phenoxy) is 1. The second-order valence-electron chi connectivity index (χ2n) is 4.31. The zero-order valence-corrected chi connectivity index (χ0v) is 9.05. The Bertz CT molecular complexity index is 163. The summed E-state index contributed by atoms with van der Waals surface area (Å²) >= 11 is 0. The maximum Gasteiger partial charge on any atom is 0.0777 e. The Labute approximate surface area is 81.2 Å². The summed E-state index contributed by atoms with van der Waals surface area (Å²) in [5.74, 6) is 0. The zero-order chi connectivity index (χ0) is 9.90. The van der Waals surface area contributed by atoms with Crippen molar-refractivity contribution in [3.63, 3.8) is 0 Å². The predicted molar refractivity (Wildman–Crippen MR) is 54.7 cm³/mol. The van der Waals surface area contributed by atoms with E-state index in [2.05, 4.69) is 18.7 Å². The SMILES string of the molecule is COC1(C)CCCN(C(C)CN)C1. The summed E-state index contributed by atoms with van der Waals surface area (Å²) in [5.41, 5.74) is 5.69. The van der Waals surface area contributed by atoms with Crippen LogP contribution in [-0.2, 0) is 4.74 Å². The minimum Gasteiger partial charge on any atom is -0.377 e. The van der Waals surface area contributed by atoms with Gasteiger partial charge in [-0.15, -0.1) is 0 Å². The van der Waals surface area contributed by atoms with Gasteiger partial charge in [0, 0.05) is 26.2 Å². The minimum atomic E-state index is 0.0433. The van der Waals surface area contributed by atoms with Crippen LogP contribution in [0.4, 0.5) is 0 Å². The molecule has 1 fully saturated rings. The Balaban J connectivity index is 2.51. The van der Waals surface area contributed by atoms with Gasteiger partial charge in [-0.3, -0.25) is 4.90 Å². The van der Waals surface area contributed by atoms with Gasteiger partial charge in [0.25, 0.3) is 0 Å². The maximum atomic E-state index is 5.65. The van der Waals surface area contributed by atoms with E-state index in [0.29, 0.717) is 6.04 Å². The molecule has 1 saturated heterocycles. The highest BCUT2D eigenvalue weighted by atomic mass is 16.5. The lowest BCUT2D eigenvalue weighted by Crippen LogP contribution is -2.52. The van der Waals surface area contributed by atoms with Gasteiger partial charge in [-0.2, -0.15) is 0 Å². The predicted octanol–water partition coefficient (Wildman–Crippen LogP) is 0.834. The van der Waals surface area contributed by atoms with Crippen LogP contribution in [0.1, 0.15) is 26.7 Å². The molecule has 3 nitrogen and oxygen atoms in total. The van der Waals surface area contributed by atoms with E-state index in [1.54, 1.807) is 7.11 Å². The molecule has 2 unspecified atom stereocenters. The van der Waals surface area contributed by atoms with Crippen molar-refractivity contribution in [2.24, 2.45) is 5.73 Å². The Morgan fingerprint density at radius 3 is 2.85 bits per heavy atom. The molecule has 0 spiro atoms. The summed E-state index contributed by atoms with van der Waals surface area (Å²) in [7, 11) is 1.80. The molecule has 2 N–H and O–H groups in total. The summed E-state index contributed by atoms with van der Waals surface area (Å²) in [6, 6.07) is 0.481. The fraction of sp³-hybridized carbons (Fsp3) is 1.00. The highest BCUT2D eigenvalue weighted by Gasteiger charge is 2.32. The number of hydrogen-bond donors (Lipinski definition) is 1. The van der Waals surface area contributed by atoms with E-state index in [1.807, 2.05) is 0 Å². The molecule has 0 aromatic heterocycles. The molecular weight excluding hydrogens is 164 g/mol. The summed E-state index contributed by atoms with van der Waals surface area (Å²) < 4.78 is 5.52. The van der Waals surface area contributed by atoms with Crippen molar-refractivity contribution < 1.29 is 4.74 Å². The highest BCUT2D eigenvalue weighted by molar-refractivity contribution is 4.86. The molecule has 0 radical (unpaired) electrons. The molecule has 78 valence electrons. The van der Waals surface area contributed by atoms with E-state index in [9.17, 15) is 0 Å². The lowest BCUT2D eigenvalue weighted by molar-refractivity contribution is -0.0586.